The molecule has 0 aliphatic heterocycles. The average Bonchev–Trinajstić information content (AvgIpc) is 3.28. The van der Waals surface area contributed by atoms with Crippen LogP contribution in [0.5, 0.6) is 0 Å². The highest BCUT2D eigenvalue weighted by molar-refractivity contribution is 7.89. The van der Waals surface area contributed by atoms with Crippen LogP contribution in [0, 0.1) is 10.1 Å². The Labute approximate surface area is 158 Å². The van der Waals surface area contributed by atoms with Crippen molar-refractivity contribution in [1.82, 2.24) is 4.31 Å². The molecule has 2 aromatic heterocycles. The number of thiophene rings is 1. The minimum absolute atomic E-state index is 0.00363. The van der Waals surface area contributed by atoms with E-state index in [1.54, 1.807) is 12.1 Å². The highest BCUT2D eigenvalue weighted by atomic mass is 35.5. The van der Waals surface area contributed by atoms with E-state index in [2.05, 4.69) is 0 Å². The minimum atomic E-state index is -4.01. The second kappa shape index (κ2) is 7.58. The van der Waals surface area contributed by atoms with Crippen molar-refractivity contribution in [3.63, 3.8) is 0 Å². The van der Waals surface area contributed by atoms with E-state index in [9.17, 15) is 18.5 Å². The number of furan rings is 1. The second-order valence-electron chi connectivity index (χ2n) is 5.30. The molecule has 136 valence electrons. The molecule has 0 spiro atoms. The summed E-state index contributed by atoms with van der Waals surface area (Å²) in [5.74, 6) is 0.466. The van der Waals surface area contributed by atoms with E-state index in [4.69, 9.17) is 16.0 Å². The van der Waals surface area contributed by atoms with Gasteiger partial charge in [0.05, 0.1) is 22.6 Å². The van der Waals surface area contributed by atoms with Crippen LogP contribution >= 0.6 is 22.9 Å². The van der Waals surface area contributed by atoms with Gasteiger partial charge in [0.15, 0.2) is 0 Å². The van der Waals surface area contributed by atoms with Crippen LogP contribution in [0.25, 0.3) is 0 Å². The molecule has 3 rings (SSSR count). The maximum absolute atomic E-state index is 13.1. The summed E-state index contributed by atoms with van der Waals surface area (Å²) in [6, 6.07) is 10.4. The normalized spacial score (nSPS) is 11.8. The van der Waals surface area contributed by atoms with E-state index in [0.29, 0.717) is 5.76 Å². The summed E-state index contributed by atoms with van der Waals surface area (Å²) in [6.07, 6.45) is 1.46. The Balaban J connectivity index is 2.00. The topological polar surface area (TPSA) is 93.7 Å². The van der Waals surface area contributed by atoms with Gasteiger partial charge in [-0.2, -0.15) is 4.31 Å². The first kappa shape index (κ1) is 18.6. The second-order valence-corrected chi connectivity index (χ2v) is 8.68. The number of nitro groups is 1. The number of nitrogens with zero attached hydrogens (tertiary/aromatic N) is 2. The van der Waals surface area contributed by atoms with Gasteiger partial charge in [0.25, 0.3) is 5.69 Å². The number of hydrogen-bond acceptors (Lipinski definition) is 6. The average molecular weight is 413 g/mol. The zero-order chi connectivity index (χ0) is 18.7. The minimum Gasteiger partial charge on any atom is -0.468 e. The Morgan fingerprint density at radius 2 is 2.00 bits per heavy atom. The van der Waals surface area contributed by atoms with Crippen LogP contribution in [-0.2, 0) is 23.1 Å². The van der Waals surface area contributed by atoms with Gasteiger partial charge >= 0.3 is 0 Å². The monoisotopic (exact) mass is 412 g/mol. The molecular weight excluding hydrogens is 400 g/mol. The van der Waals surface area contributed by atoms with Crippen LogP contribution in [0.15, 0.2) is 63.4 Å². The lowest BCUT2D eigenvalue weighted by Gasteiger charge is -2.20. The SMILES string of the molecule is O=[N+]([O-])c1cc(S(=O)(=O)N(Cc2ccco2)Cc2cccs2)ccc1Cl. The molecule has 2 heterocycles. The molecule has 0 saturated carbocycles. The third-order valence-electron chi connectivity index (χ3n) is 3.58. The molecule has 1 aromatic carbocycles. The predicted molar refractivity (Wildman–Crippen MR) is 97.6 cm³/mol. The van der Waals surface area contributed by atoms with Crippen LogP contribution in [0.1, 0.15) is 10.6 Å². The van der Waals surface area contributed by atoms with Gasteiger partial charge in [0, 0.05) is 17.5 Å². The molecule has 0 saturated heterocycles. The Kier molecular flexibility index (Phi) is 5.42. The molecule has 0 unspecified atom stereocenters. The van der Waals surface area contributed by atoms with Gasteiger partial charge in [0.1, 0.15) is 10.8 Å². The number of benzene rings is 1. The van der Waals surface area contributed by atoms with E-state index in [1.165, 1.54) is 34.0 Å². The van der Waals surface area contributed by atoms with Gasteiger partial charge in [-0.1, -0.05) is 17.7 Å². The van der Waals surface area contributed by atoms with E-state index in [0.717, 1.165) is 10.9 Å². The first-order valence-electron chi connectivity index (χ1n) is 7.37. The number of sulfonamides is 1. The molecule has 3 aromatic rings. The molecule has 7 nitrogen and oxygen atoms in total. The van der Waals surface area contributed by atoms with Crippen molar-refractivity contribution in [2.24, 2.45) is 0 Å². The molecule has 0 aliphatic rings. The Hall–Kier alpha value is -2.20. The largest absolute Gasteiger partial charge is 0.468 e. The number of halogens is 1. The van der Waals surface area contributed by atoms with Crippen molar-refractivity contribution < 1.29 is 17.8 Å². The van der Waals surface area contributed by atoms with Gasteiger partial charge in [-0.05, 0) is 35.7 Å². The Morgan fingerprint density at radius 1 is 1.19 bits per heavy atom. The summed E-state index contributed by atoms with van der Waals surface area (Å²) in [4.78, 5) is 11.0. The summed E-state index contributed by atoms with van der Waals surface area (Å²) in [5.41, 5.74) is -0.457. The summed E-state index contributed by atoms with van der Waals surface area (Å²) in [7, 11) is -4.01. The van der Waals surface area contributed by atoms with Gasteiger partial charge in [-0.3, -0.25) is 10.1 Å². The fourth-order valence-electron chi connectivity index (χ4n) is 2.32. The lowest BCUT2D eigenvalue weighted by Crippen LogP contribution is -2.30. The Morgan fingerprint density at radius 3 is 2.62 bits per heavy atom. The molecule has 0 atom stereocenters. The van der Waals surface area contributed by atoms with Crippen LogP contribution in [0.4, 0.5) is 5.69 Å². The zero-order valence-corrected chi connectivity index (χ0v) is 15.6. The van der Waals surface area contributed by atoms with Gasteiger partial charge in [-0.25, -0.2) is 8.42 Å². The van der Waals surface area contributed by atoms with Gasteiger partial charge < -0.3 is 4.42 Å². The van der Waals surface area contributed by atoms with Crippen molar-refractivity contribution in [2.75, 3.05) is 0 Å². The van der Waals surface area contributed by atoms with Crippen molar-refractivity contribution in [2.45, 2.75) is 18.0 Å². The van der Waals surface area contributed by atoms with E-state index >= 15 is 0 Å². The molecule has 0 amide bonds. The number of nitro benzene ring substituents is 1. The fourth-order valence-corrected chi connectivity index (χ4v) is 4.71. The lowest BCUT2D eigenvalue weighted by atomic mass is 10.3. The molecule has 26 heavy (non-hydrogen) atoms. The van der Waals surface area contributed by atoms with E-state index in [1.807, 2.05) is 17.5 Å². The molecule has 0 aliphatic carbocycles. The predicted octanol–water partition coefficient (Wildman–Crippen LogP) is 4.29. The smallest absolute Gasteiger partial charge is 0.289 e. The van der Waals surface area contributed by atoms with Crippen molar-refractivity contribution >= 4 is 38.6 Å². The van der Waals surface area contributed by atoms with Crippen LogP contribution in [0.2, 0.25) is 5.02 Å². The third-order valence-corrected chi connectivity index (χ3v) is 6.55. The molecular formula is C16H13ClN2O5S2. The van der Waals surface area contributed by atoms with Crippen LogP contribution in [-0.4, -0.2) is 17.6 Å². The summed E-state index contributed by atoms with van der Waals surface area (Å²) in [6.45, 7) is 0.126. The summed E-state index contributed by atoms with van der Waals surface area (Å²) >= 11 is 7.21. The van der Waals surface area contributed by atoms with Crippen molar-refractivity contribution in [3.8, 4) is 0 Å². The zero-order valence-electron chi connectivity index (χ0n) is 13.2. The standard InChI is InChI=1S/C16H13ClN2O5S2/c17-15-6-5-14(9-16(15)19(20)21)26(22,23)18(10-12-3-1-7-24-12)11-13-4-2-8-25-13/h1-9H,10-11H2. The highest BCUT2D eigenvalue weighted by Crippen LogP contribution is 2.30. The molecule has 0 bridgehead atoms. The molecule has 10 heteroatoms. The molecule has 0 fully saturated rings. The maximum atomic E-state index is 13.1. The number of hydrogen-bond donors (Lipinski definition) is 0. The van der Waals surface area contributed by atoms with Crippen LogP contribution < -0.4 is 0 Å². The van der Waals surface area contributed by atoms with E-state index < -0.39 is 20.6 Å². The summed E-state index contributed by atoms with van der Waals surface area (Å²) < 4.78 is 32.7. The first-order valence-corrected chi connectivity index (χ1v) is 10.1. The third kappa shape index (κ3) is 3.96. The quantitative estimate of drug-likeness (QED) is 0.426. The Bertz CT molecular complexity index is 965. The van der Waals surface area contributed by atoms with Crippen LogP contribution in [0.3, 0.4) is 0 Å². The summed E-state index contributed by atoms with van der Waals surface area (Å²) in [5, 5.41) is 12.8. The van der Waals surface area contributed by atoms with Gasteiger partial charge in [0.2, 0.25) is 10.0 Å². The van der Waals surface area contributed by atoms with Gasteiger partial charge in [-0.15, -0.1) is 11.3 Å². The molecule has 0 radical (unpaired) electrons. The maximum Gasteiger partial charge on any atom is 0.289 e. The van der Waals surface area contributed by atoms with Crippen molar-refractivity contribution in [3.05, 3.63) is 79.9 Å². The van der Waals surface area contributed by atoms with E-state index in [-0.39, 0.29) is 23.0 Å². The highest BCUT2D eigenvalue weighted by Gasteiger charge is 2.28. The fraction of sp³-hybridized carbons (Fsp3) is 0.125. The molecule has 0 N–H and O–H groups in total. The first-order chi connectivity index (χ1) is 12.4. The number of rotatable bonds is 7. The van der Waals surface area contributed by atoms with Crippen molar-refractivity contribution in [1.29, 1.82) is 0 Å². The lowest BCUT2D eigenvalue weighted by molar-refractivity contribution is -0.384.